The van der Waals surface area contributed by atoms with Crippen LogP contribution in [0.3, 0.4) is 0 Å². The fourth-order valence-corrected chi connectivity index (χ4v) is 2.76. The third-order valence-electron chi connectivity index (χ3n) is 4.39. The van der Waals surface area contributed by atoms with Crippen LogP contribution in [0.2, 0.25) is 0 Å². The number of amides is 1. The summed E-state index contributed by atoms with van der Waals surface area (Å²) in [6, 6.07) is 11.1. The van der Waals surface area contributed by atoms with Crippen LogP contribution in [-0.4, -0.2) is 33.6 Å². The van der Waals surface area contributed by atoms with Gasteiger partial charge in [0.1, 0.15) is 0 Å². The van der Waals surface area contributed by atoms with Gasteiger partial charge >= 0.3 is 5.69 Å². The molecule has 1 amide bonds. The zero-order valence-electron chi connectivity index (χ0n) is 18.1. The fraction of sp³-hybridized carbons (Fsp3) is 0.136. The first-order valence-corrected chi connectivity index (χ1v) is 9.92. The Morgan fingerprint density at radius 3 is 2.47 bits per heavy atom. The highest BCUT2D eigenvalue weighted by Crippen LogP contribution is 2.38. The molecule has 0 aliphatic heterocycles. The molecule has 174 valence electrons. The molecule has 0 spiro atoms. The van der Waals surface area contributed by atoms with Crippen molar-refractivity contribution in [2.24, 2.45) is 5.10 Å². The monoisotopic (exact) mass is 465 g/mol. The van der Waals surface area contributed by atoms with Gasteiger partial charge in [0, 0.05) is 18.0 Å². The number of benzene rings is 2. The Bertz CT molecular complexity index is 1260. The van der Waals surface area contributed by atoms with Gasteiger partial charge in [-0.1, -0.05) is 0 Å². The number of ether oxygens (including phenoxy) is 2. The van der Waals surface area contributed by atoms with Gasteiger partial charge in [0.25, 0.3) is 11.6 Å². The van der Waals surface area contributed by atoms with E-state index >= 15 is 0 Å². The molecule has 0 unspecified atom stereocenters. The van der Waals surface area contributed by atoms with E-state index in [1.165, 1.54) is 18.5 Å². The third kappa shape index (κ3) is 5.88. The van der Waals surface area contributed by atoms with E-state index in [0.29, 0.717) is 11.1 Å². The number of nitro groups is 2. The van der Waals surface area contributed by atoms with E-state index in [0.717, 1.165) is 23.9 Å². The molecule has 1 N–H and O–H groups in total. The van der Waals surface area contributed by atoms with Gasteiger partial charge in [-0.3, -0.25) is 30.0 Å². The first-order chi connectivity index (χ1) is 16.3. The zero-order chi connectivity index (χ0) is 24.7. The first kappa shape index (κ1) is 23.8. The molecule has 34 heavy (non-hydrogen) atoms. The Hall–Kier alpha value is -4.87. The van der Waals surface area contributed by atoms with E-state index in [1.54, 1.807) is 31.2 Å². The Morgan fingerprint density at radius 1 is 1.06 bits per heavy atom. The summed E-state index contributed by atoms with van der Waals surface area (Å²) in [6.45, 7) is 3.83. The summed E-state index contributed by atoms with van der Waals surface area (Å²) in [5.74, 6) is -0.199. The highest BCUT2D eigenvalue weighted by atomic mass is 16.6. The van der Waals surface area contributed by atoms with Crippen molar-refractivity contribution in [3.63, 3.8) is 0 Å². The normalized spacial score (nSPS) is 10.6. The molecular formula is C22H19N5O7. The molecule has 1 heterocycles. The number of hydrazone groups is 1. The summed E-state index contributed by atoms with van der Waals surface area (Å²) < 4.78 is 11.2. The van der Waals surface area contributed by atoms with Crippen molar-refractivity contribution < 1.29 is 24.1 Å². The summed E-state index contributed by atoms with van der Waals surface area (Å²) >= 11 is 0. The van der Waals surface area contributed by atoms with Crippen LogP contribution in [0.4, 0.5) is 11.4 Å². The van der Waals surface area contributed by atoms with E-state index in [2.05, 4.69) is 15.5 Å². The molecule has 3 rings (SSSR count). The lowest BCUT2D eigenvalue weighted by Crippen LogP contribution is -2.17. The Labute approximate surface area is 193 Å². The van der Waals surface area contributed by atoms with E-state index in [9.17, 15) is 25.0 Å². The van der Waals surface area contributed by atoms with Crippen molar-refractivity contribution in [2.75, 3.05) is 6.61 Å². The first-order valence-electron chi connectivity index (χ1n) is 9.92. The fourth-order valence-electron chi connectivity index (χ4n) is 2.76. The van der Waals surface area contributed by atoms with Crippen LogP contribution in [0.5, 0.6) is 17.2 Å². The average Bonchev–Trinajstić information content (AvgIpc) is 2.81. The van der Waals surface area contributed by atoms with Gasteiger partial charge in [0.15, 0.2) is 11.5 Å². The molecule has 0 atom stereocenters. The predicted octanol–water partition coefficient (Wildman–Crippen LogP) is 4.16. The second-order valence-corrected chi connectivity index (χ2v) is 6.79. The lowest BCUT2D eigenvalue weighted by molar-refractivity contribution is -0.394. The number of non-ortho nitro benzene ring substituents is 1. The summed E-state index contributed by atoms with van der Waals surface area (Å²) in [5.41, 5.74) is 3.09. The summed E-state index contributed by atoms with van der Waals surface area (Å²) in [5, 5.41) is 26.2. The molecule has 2 aromatic carbocycles. The second-order valence-electron chi connectivity index (χ2n) is 6.79. The summed E-state index contributed by atoms with van der Waals surface area (Å²) in [4.78, 5) is 37.0. The van der Waals surface area contributed by atoms with Gasteiger partial charge in [0.2, 0.25) is 5.75 Å². The summed E-state index contributed by atoms with van der Waals surface area (Å²) in [7, 11) is 0. The zero-order valence-corrected chi connectivity index (χ0v) is 18.1. The minimum atomic E-state index is -0.768. The molecule has 0 bridgehead atoms. The molecule has 0 aliphatic rings. The van der Waals surface area contributed by atoms with Crippen molar-refractivity contribution >= 4 is 23.5 Å². The van der Waals surface area contributed by atoms with Crippen LogP contribution in [0.1, 0.15) is 28.5 Å². The molecular weight excluding hydrogens is 446 g/mol. The van der Waals surface area contributed by atoms with Crippen molar-refractivity contribution in [1.29, 1.82) is 0 Å². The standard InChI is InChI=1S/C22H19N5O7/c1-3-33-21-10-15(12-24-25-22(28)16-6-4-14(2)23-13-16)5-8-20(21)34-19-9-7-17(26(29)30)11-18(19)27(31)32/h4-13H,3H2,1-2H3,(H,25,28). The Balaban J connectivity index is 1.80. The molecule has 12 heteroatoms. The van der Waals surface area contributed by atoms with E-state index in [-0.39, 0.29) is 23.9 Å². The largest absolute Gasteiger partial charge is 0.490 e. The maximum atomic E-state index is 12.1. The lowest BCUT2D eigenvalue weighted by atomic mass is 10.2. The van der Waals surface area contributed by atoms with E-state index < -0.39 is 27.1 Å². The SMILES string of the molecule is CCOc1cc(C=NNC(=O)c2ccc(C)nc2)ccc1Oc1ccc([N+](=O)[O-])cc1[N+](=O)[O-]. The van der Waals surface area contributed by atoms with Crippen LogP contribution in [0.15, 0.2) is 59.8 Å². The number of nitro benzene ring substituents is 2. The van der Waals surface area contributed by atoms with Gasteiger partial charge in [-0.15, -0.1) is 0 Å². The van der Waals surface area contributed by atoms with Crippen LogP contribution in [0.25, 0.3) is 0 Å². The molecule has 0 radical (unpaired) electrons. The van der Waals surface area contributed by atoms with Crippen molar-refractivity contribution in [3.05, 3.63) is 91.8 Å². The smallest absolute Gasteiger partial charge is 0.318 e. The van der Waals surface area contributed by atoms with Crippen molar-refractivity contribution in [1.82, 2.24) is 10.4 Å². The molecule has 0 saturated carbocycles. The van der Waals surface area contributed by atoms with E-state index in [4.69, 9.17) is 9.47 Å². The highest BCUT2D eigenvalue weighted by molar-refractivity contribution is 5.94. The number of carbonyl (C=O) groups excluding carboxylic acids is 1. The Morgan fingerprint density at radius 2 is 1.82 bits per heavy atom. The summed E-state index contributed by atoms with van der Waals surface area (Å²) in [6.07, 6.45) is 2.83. The van der Waals surface area contributed by atoms with Gasteiger partial charge in [-0.25, -0.2) is 5.43 Å². The molecule has 0 fully saturated rings. The third-order valence-corrected chi connectivity index (χ3v) is 4.39. The van der Waals surface area contributed by atoms with E-state index in [1.807, 2.05) is 6.92 Å². The van der Waals surface area contributed by atoms with Crippen LogP contribution >= 0.6 is 0 Å². The number of aryl methyl sites for hydroxylation is 1. The minimum absolute atomic E-state index is 0.158. The number of hydrogen-bond acceptors (Lipinski definition) is 9. The maximum Gasteiger partial charge on any atom is 0.318 e. The Kier molecular flexibility index (Phi) is 7.44. The molecule has 0 saturated heterocycles. The van der Waals surface area contributed by atoms with Gasteiger partial charge in [-0.2, -0.15) is 5.10 Å². The average molecular weight is 465 g/mol. The predicted molar refractivity (Wildman–Crippen MR) is 121 cm³/mol. The number of hydrogen-bond donors (Lipinski definition) is 1. The van der Waals surface area contributed by atoms with Crippen molar-refractivity contribution in [3.8, 4) is 17.2 Å². The minimum Gasteiger partial charge on any atom is -0.490 e. The van der Waals surface area contributed by atoms with Crippen LogP contribution < -0.4 is 14.9 Å². The number of pyridine rings is 1. The van der Waals surface area contributed by atoms with Gasteiger partial charge < -0.3 is 9.47 Å². The van der Waals surface area contributed by atoms with Gasteiger partial charge in [-0.05, 0) is 55.8 Å². The number of nitrogens with one attached hydrogen (secondary N) is 1. The molecule has 1 aromatic heterocycles. The highest BCUT2D eigenvalue weighted by Gasteiger charge is 2.22. The molecule has 3 aromatic rings. The van der Waals surface area contributed by atoms with Crippen molar-refractivity contribution in [2.45, 2.75) is 13.8 Å². The molecule has 0 aliphatic carbocycles. The number of nitrogens with zero attached hydrogens (tertiary/aromatic N) is 4. The second kappa shape index (κ2) is 10.6. The maximum absolute atomic E-state index is 12.1. The van der Waals surface area contributed by atoms with Crippen LogP contribution in [0, 0.1) is 27.2 Å². The lowest BCUT2D eigenvalue weighted by Gasteiger charge is -2.12. The van der Waals surface area contributed by atoms with Gasteiger partial charge in [0.05, 0.1) is 34.3 Å². The topological polar surface area (TPSA) is 159 Å². The number of aromatic nitrogens is 1. The number of carbonyl (C=O) groups is 1. The molecule has 12 nitrogen and oxygen atoms in total. The number of rotatable bonds is 9. The van der Waals surface area contributed by atoms with Crippen LogP contribution in [-0.2, 0) is 0 Å². The quantitative estimate of drug-likeness (QED) is 0.280.